The third-order valence-corrected chi connectivity index (χ3v) is 4.32. The average Bonchev–Trinajstić information content (AvgIpc) is 3.32. The molecule has 1 amide bonds. The van der Waals surface area contributed by atoms with E-state index in [0.29, 0.717) is 12.2 Å². The normalized spacial score (nSPS) is 19.4. The molecule has 0 radical (unpaired) electrons. The zero-order valence-corrected chi connectivity index (χ0v) is 12.8. The molecule has 0 bridgehead atoms. The van der Waals surface area contributed by atoms with Gasteiger partial charge in [0.2, 0.25) is 0 Å². The number of aromatic amines is 1. The van der Waals surface area contributed by atoms with Crippen molar-refractivity contribution in [2.45, 2.75) is 25.4 Å². The summed E-state index contributed by atoms with van der Waals surface area (Å²) >= 11 is 0. The van der Waals surface area contributed by atoms with Gasteiger partial charge >= 0.3 is 0 Å². The molecule has 6 nitrogen and oxygen atoms in total. The summed E-state index contributed by atoms with van der Waals surface area (Å²) < 4.78 is 11.0. The first-order valence-electron chi connectivity index (χ1n) is 8.01. The number of carbonyl (C=O) groups excluding carboxylic acids is 1. The fourth-order valence-corrected chi connectivity index (χ4v) is 3.04. The van der Waals surface area contributed by atoms with Crippen LogP contribution in [0.1, 0.15) is 28.9 Å². The Morgan fingerprint density at radius 3 is 3.17 bits per heavy atom. The summed E-state index contributed by atoms with van der Waals surface area (Å²) in [5, 5.41) is 9.96. The van der Waals surface area contributed by atoms with Crippen LogP contribution in [0.3, 0.4) is 0 Å². The number of nitrogens with one attached hydrogen (secondary N) is 2. The van der Waals surface area contributed by atoms with E-state index in [0.717, 1.165) is 49.5 Å². The van der Waals surface area contributed by atoms with Gasteiger partial charge in [-0.2, -0.15) is 5.10 Å². The summed E-state index contributed by atoms with van der Waals surface area (Å²) in [6, 6.07) is 7.78. The van der Waals surface area contributed by atoms with E-state index in [1.807, 2.05) is 12.1 Å². The van der Waals surface area contributed by atoms with Crippen molar-refractivity contribution in [3.63, 3.8) is 0 Å². The van der Waals surface area contributed by atoms with Crippen molar-refractivity contribution >= 4 is 5.91 Å². The number of rotatable bonds is 4. The summed E-state index contributed by atoms with van der Waals surface area (Å²) in [5.74, 6) is 0.794. The van der Waals surface area contributed by atoms with Gasteiger partial charge in [-0.1, -0.05) is 0 Å². The zero-order chi connectivity index (χ0) is 15.6. The van der Waals surface area contributed by atoms with Crippen LogP contribution < -0.4 is 10.1 Å². The molecule has 0 spiro atoms. The first-order chi connectivity index (χ1) is 11.3. The second kappa shape index (κ2) is 6.04. The third kappa shape index (κ3) is 2.94. The lowest BCUT2D eigenvalue weighted by Crippen LogP contribution is -2.31. The van der Waals surface area contributed by atoms with Crippen LogP contribution in [0.5, 0.6) is 5.75 Å². The van der Waals surface area contributed by atoms with Gasteiger partial charge in [0.05, 0.1) is 18.4 Å². The standard InChI is InChI=1S/C17H19N3O3/c21-17(18-10-13-2-1-6-22-13)15-9-14(19-20-15)11-3-4-16-12(8-11)5-7-23-16/h3-4,8-9,13H,1-2,5-7,10H2,(H,18,21)(H,19,20)/t13-/m1/s1. The Morgan fingerprint density at radius 1 is 1.35 bits per heavy atom. The van der Waals surface area contributed by atoms with Crippen LogP contribution in [0.15, 0.2) is 24.3 Å². The summed E-state index contributed by atoms with van der Waals surface area (Å²) in [7, 11) is 0. The number of hydrogen-bond acceptors (Lipinski definition) is 4. The highest BCUT2D eigenvalue weighted by molar-refractivity contribution is 5.93. The number of hydrogen-bond donors (Lipinski definition) is 2. The number of benzene rings is 1. The first-order valence-corrected chi connectivity index (χ1v) is 8.01. The summed E-state index contributed by atoms with van der Waals surface area (Å²) in [4.78, 5) is 12.2. The molecule has 2 N–H and O–H groups in total. The van der Waals surface area contributed by atoms with Crippen LogP contribution in [0.25, 0.3) is 11.3 Å². The van der Waals surface area contributed by atoms with Crippen molar-refractivity contribution in [2.75, 3.05) is 19.8 Å². The molecule has 2 aliphatic rings. The third-order valence-electron chi connectivity index (χ3n) is 4.32. The van der Waals surface area contributed by atoms with Crippen molar-refractivity contribution in [3.8, 4) is 17.0 Å². The quantitative estimate of drug-likeness (QED) is 0.904. The van der Waals surface area contributed by atoms with Crippen LogP contribution in [0.2, 0.25) is 0 Å². The van der Waals surface area contributed by atoms with Gasteiger partial charge in [0.25, 0.3) is 5.91 Å². The molecular formula is C17H19N3O3. The van der Waals surface area contributed by atoms with E-state index in [1.54, 1.807) is 6.07 Å². The monoisotopic (exact) mass is 313 g/mol. The van der Waals surface area contributed by atoms with Gasteiger partial charge in [-0.05, 0) is 42.7 Å². The second-order valence-electron chi connectivity index (χ2n) is 5.93. The summed E-state index contributed by atoms with van der Waals surface area (Å²) in [5.41, 5.74) is 3.41. The minimum absolute atomic E-state index is 0.137. The molecule has 4 rings (SSSR count). The zero-order valence-electron chi connectivity index (χ0n) is 12.8. The van der Waals surface area contributed by atoms with Gasteiger partial charge in [-0.15, -0.1) is 0 Å². The molecule has 23 heavy (non-hydrogen) atoms. The van der Waals surface area contributed by atoms with Crippen LogP contribution in [-0.4, -0.2) is 42.0 Å². The highest BCUT2D eigenvalue weighted by atomic mass is 16.5. The van der Waals surface area contributed by atoms with E-state index in [9.17, 15) is 4.79 Å². The number of aromatic nitrogens is 2. The SMILES string of the molecule is O=C(NC[C@H]1CCCO1)c1cc(-c2ccc3c(c2)CCO3)n[nH]1. The van der Waals surface area contributed by atoms with Crippen LogP contribution >= 0.6 is 0 Å². The lowest BCUT2D eigenvalue weighted by molar-refractivity contribution is 0.0853. The Balaban J connectivity index is 1.44. The molecule has 1 saturated heterocycles. The molecule has 1 atom stereocenters. The fourth-order valence-electron chi connectivity index (χ4n) is 3.04. The molecule has 0 unspecified atom stereocenters. The number of nitrogens with zero attached hydrogens (tertiary/aromatic N) is 1. The minimum atomic E-state index is -0.149. The van der Waals surface area contributed by atoms with Crippen LogP contribution in [-0.2, 0) is 11.2 Å². The topological polar surface area (TPSA) is 76.2 Å². The number of amides is 1. The minimum Gasteiger partial charge on any atom is -0.493 e. The second-order valence-corrected chi connectivity index (χ2v) is 5.93. The van der Waals surface area contributed by atoms with E-state index >= 15 is 0 Å². The molecule has 120 valence electrons. The van der Waals surface area contributed by atoms with Gasteiger partial charge < -0.3 is 14.8 Å². The highest BCUT2D eigenvalue weighted by Crippen LogP contribution is 2.29. The van der Waals surface area contributed by atoms with Crippen LogP contribution in [0, 0.1) is 0 Å². The first kappa shape index (κ1) is 14.3. The number of H-pyrrole nitrogens is 1. The van der Waals surface area contributed by atoms with Crippen molar-refractivity contribution < 1.29 is 14.3 Å². The Bertz CT molecular complexity index is 720. The van der Waals surface area contributed by atoms with Crippen molar-refractivity contribution in [3.05, 3.63) is 35.5 Å². The van der Waals surface area contributed by atoms with Gasteiger partial charge in [0.15, 0.2) is 0 Å². The maximum Gasteiger partial charge on any atom is 0.269 e. The number of carbonyl (C=O) groups is 1. The fraction of sp³-hybridized carbons (Fsp3) is 0.412. The van der Waals surface area contributed by atoms with Crippen molar-refractivity contribution in [1.29, 1.82) is 0 Å². The largest absolute Gasteiger partial charge is 0.493 e. The van der Waals surface area contributed by atoms with E-state index in [-0.39, 0.29) is 12.0 Å². The van der Waals surface area contributed by atoms with Gasteiger partial charge in [-0.3, -0.25) is 9.89 Å². The lowest BCUT2D eigenvalue weighted by Gasteiger charge is -2.09. The predicted octanol–water partition coefficient (Wildman–Crippen LogP) is 1.92. The van der Waals surface area contributed by atoms with Gasteiger partial charge in [0.1, 0.15) is 11.4 Å². The molecule has 1 aromatic carbocycles. The number of fused-ring (bicyclic) bond motifs is 1. The molecule has 0 aliphatic carbocycles. The molecule has 1 aromatic heterocycles. The maximum atomic E-state index is 12.2. The Morgan fingerprint density at radius 2 is 2.30 bits per heavy atom. The Hall–Kier alpha value is -2.34. The Labute approximate surface area is 134 Å². The van der Waals surface area contributed by atoms with E-state index in [4.69, 9.17) is 9.47 Å². The van der Waals surface area contributed by atoms with Gasteiger partial charge in [-0.25, -0.2) is 0 Å². The van der Waals surface area contributed by atoms with E-state index in [1.165, 1.54) is 5.56 Å². The molecule has 2 aromatic rings. The molecular weight excluding hydrogens is 294 g/mol. The molecule has 2 aliphatic heterocycles. The predicted molar refractivity (Wildman–Crippen MR) is 84.5 cm³/mol. The van der Waals surface area contributed by atoms with E-state index in [2.05, 4.69) is 21.6 Å². The Kier molecular flexibility index (Phi) is 3.75. The highest BCUT2D eigenvalue weighted by Gasteiger charge is 2.18. The average molecular weight is 313 g/mol. The lowest BCUT2D eigenvalue weighted by atomic mass is 10.1. The smallest absolute Gasteiger partial charge is 0.269 e. The van der Waals surface area contributed by atoms with E-state index < -0.39 is 0 Å². The molecule has 6 heteroatoms. The van der Waals surface area contributed by atoms with Crippen LogP contribution in [0.4, 0.5) is 0 Å². The van der Waals surface area contributed by atoms with Crippen molar-refractivity contribution in [2.24, 2.45) is 0 Å². The molecule has 0 saturated carbocycles. The maximum absolute atomic E-state index is 12.2. The number of ether oxygens (including phenoxy) is 2. The van der Waals surface area contributed by atoms with Crippen molar-refractivity contribution in [1.82, 2.24) is 15.5 Å². The molecule has 1 fully saturated rings. The summed E-state index contributed by atoms with van der Waals surface area (Å²) in [6.07, 6.45) is 3.13. The van der Waals surface area contributed by atoms with Gasteiger partial charge in [0, 0.05) is 25.1 Å². The summed E-state index contributed by atoms with van der Waals surface area (Å²) in [6.45, 7) is 2.07. The molecule has 3 heterocycles.